The SMILES string of the molecule is CC[C@H](C)NC(=S)NN. The zero-order valence-electron chi connectivity index (χ0n) is 5.77. The van der Waals surface area contributed by atoms with E-state index in [1.165, 1.54) is 0 Å². The van der Waals surface area contributed by atoms with Gasteiger partial charge in [-0.05, 0) is 25.6 Å². The number of thiocarbonyl (C=S) groups is 1. The van der Waals surface area contributed by atoms with Crippen LogP contribution in [0.4, 0.5) is 0 Å². The van der Waals surface area contributed by atoms with Crippen LogP contribution in [0.2, 0.25) is 0 Å². The lowest BCUT2D eigenvalue weighted by atomic mass is 10.3. The Morgan fingerprint density at radius 3 is 2.67 bits per heavy atom. The average Bonchev–Trinajstić information content (AvgIpc) is 1.87. The highest BCUT2D eigenvalue weighted by Crippen LogP contribution is 1.85. The van der Waals surface area contributed by atoms with E-state index in [-0.39, 0.29) is 0 Å². The van der Waals surface area contributed by atoms with Crippen molar-refractivity contribution in [2.45, 2.75) is 26.3 Å². The molecule has 0 amide bonds. The maximum atomic E-state index is 5.02. The highest BCUT2D eigenvalue weighted by molar-refractivity contribution is 7.80. The van der Waals surface area contributed by atoms with Crippen molar-refractivity contribution in [3.05, 3.63) is 0 Å². The van der Waals surface area contributed by atoms with Gasteiger partial charge in [0.1, 0.15) is 0 Å². The minimum absolute atomic E-state index is 0.397. The fourth-order valence-corrected chi connectivity index (χ4v) is 0.569. The summed E-state index contributed by atoms with van der Waals surface area (Å²) in [4.78, 5) is 0. The van der Waals surface area contributed by atoms with E-state index in [9.17, 15) is 0 Å². The molecule has 0 fully saturated rings. The van der Waals surface area contributed by atoms with Gasteiger partial charge in [-0.15, -0.1) is 0 Å². The van der Waals surface area contributed by atoms with Crippen molar-refractivity contribution in [2.75, 3.05) is 0 Å². The Balaban J connectivity index is 3.34. The molecular formula is C5H13N3S. The van der Waals surface area contributed by atoms with Gasteiger partial charge in [-0.2, -0.15) is 0 Å². The Labute approximate surface area is 61.0 Å². The molecule has 0 rings (SSSR count). The number of hydrogen-bond acceptors (Lipinski definition) is 2. The molecule has 4 N–H and O–H groups in total. The number of rotatable bonds is 2. The molecular weight excluding hydrogens is 134 g/mol. The van der Waals surface area contributed by atoms with E-state index in [1.54, 1.807) is 0 Å². The summed E-state index contributed by atoms with van der Waals surface area (Å²) in [6.07, 6.45) is 1.04. The minimum atomic E-state index is 0.397. The predicted molar refractivity (Wildman–Crippen MR) is 42.8 cm³/mol. The average molecular weight is 147 g/mol. The Morgan fingerprint density at radius 2 is 2.33 bits per heavy atom. The number of nitrogens with two attached hydrogens (primary N) is 1. The normalized spacial score (nSPS) is 12.3. The first-order chi connectivity index (χ1) is 4.20. The molecule has 54 valence electrons. The molecule has 0 heterocycles. The molecule has 1 atom stereocenters. The van der Waals surface area contributed by atoms with Crippen LogP contribution in [0.5, 0.6) is 0 Å². The van der Waals surface area contributed by atoms with Gasteiger partial charge in [0.05, 0.1) is 0 Å². The van der Waals surface area contributed by atoms with Crippen molar-refractivity contribution >= 4 is 17.3 Å². The molecule has 0 aliphatic rings. The van der Waals surface area contributed by atoms with E-state index in [1.807, 2.05) is 6.92 Å². The lowest BCUT2D eigenvalue weighted by Gasteiger charge is -2.11. The summed E-state index contributed by atoms with van der Waals surface area (Å²) in [6, 6.07) is 0.397. The zero-order chi connectivity index (χ0) is 7.28. The standard InChI is InChI=1S/C5H13N3S/c1-3-4(2)7-5(9)8-6/h4H,3,6H2,1-2H3,(H2,7,8,9)/t4-/m0/s1. The lowest BCUT2D eigenvalue weighted by Crippen LogP contribution is -2.43. The van der Waals surface area contributed by atoms with Gasteiger partial charge in [-0.25, -0.2) is 5.84 Å². The van der Waals surface area contributed by atoms with Crippen LogP contribution in [0, 0.1) is 0 Å². The first-order valence-electron chi connectivity index (χ1n) is 2.97. The summed E-state index contributed by atoms with van der Waals surface area (Å²) in [5.74, 6) is 5.02. The molecule has 0 spiro atoms. The highest BCUT2D eigenvalue weighted by atomic mass is 32.1. The monoisotopic (exact) mass is 147 g/mol. The molecule has 0 aromatic heterocycles. The third kappa shape index (κ3) is 4.17. The maximum absolute atomic E-state index is 5.02. The predicted octanol–water partition coefficient (Wildman–Crippen LogP) is 0.123. The van der Waals surface area contributed by atoms with Gasteiger partial charge < -0.3 is 10.7 Å². The zero-order valence-corrected chi connectivity index (χ0v) is 6.59. The lowest BCUT2D eigenvalue weighted by molar-refractivity contribution is 0.634. The Morgan fingerprint density at radius 1 is 1.78 bits per heavy atom. The number of hydrazine groups is 1. The quantitative estimate of drug-likeness (QED) is 0.295. The summed E-state index contributed by atoms with van der Waals surface area (Å²) in [5.41, 5.74) is 2.35. The van der Waals surface area contributed by atoms with Gasteiger partial charge in [-0.1, -0.05) is 6.92 Å². The van der Waals surface area contributed by atoms with E-state index < -0.39 is 0 Å². The summed E-state index contributed by atoms with van der Waals surface area (Å²) < 4.78 is 0. The Kier molecular flexibility index (Phi) is 4.35. The van der Waals surface area contributed by atoms with Crippen LogP contribution in [0.25, 0.3) is 0 Å². The molecule has 3 nitrogen and oxygen atoms in total. The second kappa shape index (κ2) is 4.52. The van der Waals surface area contributed by atoms with Gasteiger partial charge >= 0.3 is 0 Å². The summed E-state index contributed by atoms with van der Waals surface area (Å²) in [5, 5.41) is 3.48. The van der Waals surface area contributed by atoms with Crippen LogP contribution in [0.15, 0.2) is 0 Å². The van der Waals surface area contributed by atoms with Gasteiger partial charge in [0.15, 0.2) is 5.11 Å². The third-order valence-corrected chi connectivity index (χ3v) is 1.36. The highest BCUT2D eigenvalue weighted by Gasteiger charge is 1.96. The summed E-state index contributed by atoms with van der Waals surface area (Å²) >= 11 is 4.75. The van der Waals surface area contributed by atoms with Gasteiger partial charge in [0.25, 0.3) is 0 Å². The first kappa shape index (κ1) is 8.65. The van der Waals surface area contributed by atoms with Crippen LogP contribution in [0.1, 0.15) is 20.3 Å². The van der Waals surface area contributed by atoms with E-state index in [0.717, 1.165) is 6.42 Å². The fourth-order valence-electron chi connectivity index (χ4n) is 0.368. The molecule has 0 aromatic carbocycles. The molecule has 0 unspecified atom stereocenters. The second-order valence-electron chi connectivity index (χ2n) is 1.93. The van der Waals surface area contributed by atoms with Crippen LogP contribution in [0.3, 0.4) is 0 Å². The van der Waals surface area contributed by atoms with Crippen molar-refractivity contribution < 1.29 is 0 Å². The van der Waals surface area contributed by atoms with Gasteiger partial charge in [0.2, 0.25) is 0 Å². The maximum Gasteiger partial charge on any atom is 0.180 e. The Bertz CT molecular complexity index is 94.2. The molecule has 0 radical (unpaired) electrons. The van der Waals surface area contributed by atoms with Crippen molar-refractivity contribution in [2.24, 2.45) is 5.84 Å². The van der Waals surface area contributed by atoms with Crippen LogP contribution in [-0.4, -0.2) is 11.2 Å². The smallest absolute Gasteiger partial charge is 0.180 e. The van der Waals surface area contributed by atoms with Crippen molar-refractivity contribution in [3.8, 4) is 0 Å². The van der Waals surface area contributed by atoms with Crippen molar-refractivity contribution in [3.63, 3.8) is 0 Å². The van der Waals surface area contributed by atoms with E-state index in [2.05, 4.69) is 17.7 Å². The van der Waals surface area contributed by atoms with E-state index >= 15 is 0 Å². The van der Waals surface area contributed by atoms with Crippen LogP contribution < -0.4 is 16.6 Å². The molecule has 0 bridgehead atoms. The molecule has 9 heavy (non-hydrogen) atoms. The minimum Gasteiger partial charge on any atom is -0.359 e. The van der Waals surface area contributed by atoms with Crippen molar-refractivity contribution in [1.82, 2.24) is 10.7 Å². The third-order valence-electron chi connectivity index (χ3n) is 1.12. The topological polar surface area (TPSA) is 50.1 Å². The molecule has 0 aliphatic carbocycles. The van der Waals surface area contributed by atoms with Crippen LogP contribution in [-0.2, 0) is 0 Å². The Hall–Kier alpha value is -0.350. The molecule has 0 saturated heterocycles. The van der Waals surface area contributed by atoms with E-state index in [4.69, 9.17) is 18.1 Å². The van der Waals surface area contributed by atoms with Gasteiger partial charge in [-0.3, -0.25) is 0 Å². The van der Waals surface area contributed by atoms with Crippen molar-refractivity contribution in [1.29, 1.82) is 0 Å². The molecule has 0 saturated carbocycles. The largest absolute Gasteiger partial charge is 0.359 e. The molecule has 0 aromatic rings. The molecule has 0 aliphatic heterocycles. The number of nitrogens with one attached hydrogen (secondary N) is 2. The van der Waals surface area contributed by atoms with Gasteiger partial charge in [0, 0.05) is 6.04 Å². The van der Waals surface area contributed by atoms with E-state index in [0.29, 0.717) is 11.2 Å². The second-order valence-corrected chi connectivity index (χ2v) is 2.34. The summed E-state index contributed by atoms with van der Waals surface area (Å²) in [7, 11) is 0. The first-order valence-corrected chi connectivity index (χ1v) is 3.38. The number of hydrogen-bond donors (Lipinski definition) is 3. The van der Waals surface area contributed by atoms with Crippen LogP contribution >= 0.6 is 12.2 Å². The summed E-state index contributed by atoms with van der Waals surface area (Å²) in [6.45, 7) is 4.13. The molecule has 4 heteroatoms. The fraction of sp³-hybridized carbons (Fsp3) is 0.800.